The average molecular weight is 484 g/mol. The van der Waals surface area contributed by atoms with Gasteiger partial charge in [0.15, 0.2) is 23.3 Å². The maximum absolute atomic E-state index is 15.0. The SMILES string of the molecule is O=S(=O)(c1cc2c(Nc3cc(F)c(F)c(F)c3)nn(C3CC3)c2cc1F)N1CCC(O)CC1. The molecule has 5 rings (SSSR count). The van der Waals surface area contributed by atoms with Crippen LogP contribution in [0.3, 0.4) is 0 Å². The fourth-order valence-electron chi connectivity index (χ4n) is 4.01. The summed E-state index contributed by atoms with van der Waals surface area (Å²) in [6.45, 7) is 0.114. The predicted molar refractivity (Wildman–Crippen MR) is 112 cm³/mol. The van der Waals surface area contributed by atoms with Gasteiger partial charge in [-0.2, -0.15) is 9.40 Å². The number of hydrogen-bond donors (Lipinski definition) is 2. The molecule has 2 N–H and O–H groups in total. The molecule has 12 heteroatoms. The van der Waals surface area contributed by atoms with Crippen molar-refractivity contribution >= 4 is 32.4 Å². The van der Waals surface area contributed by atoms with Crippen LogP contribution in [0.15, 0.2) is 29.2 Å². The zero-order valence-electron chi connectivity index (χ0n) is 17.2. The van der Waals surface area contributed by atoms with Crippen molar-refractivity contribution in [2.45, 2.75) is 42.7 Å². The number of aromatic nitrogens is 2. The Labute approximate surface area is 186 Å². The first kappa shape index (κ1) is 22.1. The molecule has 33 heavy (non-hydrogen) atoms. The van der Waals surface area contributed by atoms with Crippen molar-refractivity contribution in [2.24, 2.45) is 0 Å². The Morgan fingerprint density at radius 2 is 1.58 bits per heavy atom. The minimum Gasteiger partial charge on any atom is -0.393 e. The van der Waals surface area contributed by atoms with Crippen LogP contribution < -0.4 is 5.32 Å². The summed E-state index contributed by atoms with van der Waals surface area (Å²) in [6, 6.07) is 3.73. The Morgan fingerprint density at radius 1 is 0.939 bits per heavy atom. The summed E-state index contributed by atoms with van der Waals surface area (Å²) in [5.74, 6) is -5.29. The van der Waals surface area contributed by atoms with E-state index in [1.807, 2.05) is 0 Å². The Balaban J connectivity index is 1.60. The topological polar surface area (TPSA) is 87.5 Å². The minimum atomic E-state index is -4.20. The van der Waals surface area contributed by atoms with Crippen molar-refractivity contribution < 1.29 is 31.1 Å². The molecule has 0 bridgehead atoms. The van der Waals surface area contributed by atoms with Crippen LogP contribution in [0.2, 0.25) is 0 Å². The highest BCUT2D eigenvalue weighted by Gasteiger charge is 2.33. The molecule has 7 nitrogen and oxygen atoms in total. The lowest BCUT2D eigenvalue weighted by atomic mass is 10.1. The van der Waals surface area contributed by atoms with Crippen LogP contribution in [0, 0.1) is 23.3 Å². The molecule has 2 heterocycles. The van der Waals surface area contributed by atoms with E-state index in [2.05, 4.69) is 10.4 Å². The summed E-state index contributed by atoms with van der Waals surface area (Å²) >= 11 is 0. The lowest BCUT2D eigenvalue weighted by Crippen LogP contribution is -2.40. The first-order chi connectivity index (χ1) is 15.6. The summed E-state index contributed by atoms with van der Waals surface area (Å²) in [4.78, 5) is -0.554. The molecular formula is C21H20F4N4O3S. The van der Waals surface area contributed by atoms with Crippen molar-refractivity contribution in [3.05, 3.63) is 47.5 Å². The fourth-order valence-corrected chi connectivity index (χ4v) is 5.55. The van der Waals surface area contributed by atoms with Crippen LogP contribution in [0.1, 0.15) is 31.7 Å². The fraction of sp³-hybridized carbons (Fsp3) is 0.381. The molecule has 1 saturated heterocycles. The second kappa shape index (κ2) is 7.96. The van der Waals surface area contributed by atoms with Gasteiger partial charge in [-0.1, -0.05) is 0 Å². The number of nitrogens with one attached hydrogen (secondary N) is 1. The number of aliphatic hydroxyl groups is 1. The molecule has 0 unspecified atom stereocenters. The van der Waals surface area contributed by atoms with Gasteiger partial charge in [-0.3, -0.25) is 4.68 Å². The normalized spacial score (nSPS) is 18.2. The van der Waals surface area contributed by atoms with Gasteiger partial charge in [0.25, 0.3) is 0 Å². The number of rotatable bonds is 5. The first-order valence-corrected chi connectivity index (χ1v) is 11.9. The van der Waals surface area contributed by atoms with E-state index in [0.29, 0.717) is 5.52 Å². The molecule has 3 aromatic rings. The second-order valence-corrected chi connectivity index (χ2v) is 10.2. The molecular weight excluding hydrogens is 464 g/mol. The number of halogens is 4. The molecule has 2 aromatic carbocycles. The third kappa shape index (κ3) is 3.96. The molecule has 0 amide bonds. The number of sulfonamides is 1. The van der Waals surface area contributed by atoms with E-state index in [1.54, 1.807) is 4.68 Å². The molecule has 1 aliphatic carbocycles. The maximum Gasteiger partial charge on any atom is 0.246 e. The summed E-state index contributed by atoms with van der Waals surface area (Å²) in [6.07, 6.45) is 1.49. The van der Waals surface area contributed by atoms with E-state index >= 15 is 4.39 Å². The summed E-state index contributed by atoms with van der Waals surface area (Å²) < 4.78 is 84.6. The summed E-state index contributed by atoms with van der Waals surface area (Å²) in [5, 5.41) is 17.0. The molecule has 0 radical (unpaired) electrons. The Hall–Kier alpha value is -2.70. The molecule has 1 aliphatic heterocycles. The highest BCUT2D eigenvalue weighted by Crippen LogP contribution is 2.40. The van der Waals surface area contributed by atoms with E-state index in [1.165, 1.54) is 0 Å². The predicted octanol–water partition coefficient (Wildman–Crippen LogP) is 3.82. The monoisotopic (exact) mass is 484 g/mol. The van der Waals surface area contributed by atoms with E-state index in [0.717, 1.165) is 41.4 Å². The zero-order chi connectivity index (χ0) is 23.5. The number of aliphatic hydroxyl groups excluding tert-OH is 1. The molecule has 1 saturated carbocycles. The number of piperidine rings is 1. The van der Waals surface area contributed by atoms with E-state index < -0.39 is 44.3 Å². The third-order valence-electron chi connectivity index (χ3n) is 5.94. The van der Waals surface area contributed by atoms with E-state index in [-0.39, 0.29) is 48.9 Å². The maximum atomic E-state index is 15.0. The van der Waals surface area contributed by atoms with Crippen molar-refractivity contribution in [1.82, 2.24) is 14.1 Å². The van der Waals surface area contributed by atoms with Crippen LogP contribution in [0.4, 0.5) is 29.1 Å². The van der Waals surface area contributed by atoms with Crippen molar-refractivity contribution in [1.29, 1.82) is 0 Å². The summed E-state index contributed by atoms with van der Waals surface area (Å²) in [5.41, 5.74) is 0.195. The van der Waals surface area contributed by atoms with Gasteiger partial charge in [0.1, 0.15) is 10.7 Å². The van der Waals surface area contributed by atoms with Gasteiger partial charge in [0.05, 0.1) is 17.7 Å². The number of nitrogens with zero attached hydrogens (tertiary/aromatic N) is 3. The van der Waals surface area contributed by atoms with Gasteiger partial charge in [-0.05, 0) is 31.7 Å². The highest BCUT2D eigenvalue weighted by molar-refractivity contribution is 7.89. The number of anilines is 2. The second-order valence-electron chi connectivity index (χ2n) is 8.34. The molecule has 1 aromatic heterocycles. The van der Waals surface area contributed by atoms with Gasteiger partial charge < -0.3 is 10.4 Å². The number of fused-ring (bicyclic) bond motifs is 1. The van der Waals surface area contributed by atoms with Crippen LogP contribution >= 0.6 is 0 Å². The quantitative estimate of drug-likeness (QED) is 0.425. The van der Waals surface area contributed by atoms with Crippen LogP contribution in [0.5, 0.6) is 0 Å². The number of hydrogen-bond acceptors (Lipinski definition) is 5. The number of benzene rings is 2. The van der Waals surface area contributed by atoms with Gasteiger partial charge >= 0.3 is 0 Å². The molecule has 2 aliphatic rings. The van der Waals surface area contributed by atoms with Gasteiger partial charge in [-0.25, -0.2) is 26.0 Å². The standard InChI is InChI=1S/C21H20F4N4O3S/c22-15-10-18-14(9-19(15)33(31,32)28-5-3-13(30)4-6-28)21(27-29(18)12-1-2-12)26-11-7-16(23)20(25)17(24)8-11/h7-10,12-13,30H,1-6H2,(H,26,27). The smallest absolute Gasteiger partial charge is 0.246 e. The van der Waals surface area contributed by atoms with Gasteiger partial charge in [0.2, 0.25) is 10.0 Å². The van der Waals surface area contributed by atoms with Crippen LogP contribution in [-0.4, -0.2) is 46.8 Å². The third-order valence-corrected chi connectivity index (χ3v) is 7.85. The van der Waals surface area contributed by atoms with Gasteiger partial charge in [-0.15, -0.1) is 0 Å². The first-order valence-electron chi connectivity index (χ1n) is 10.5. The van der Waals surface area contributed by atoms with Crippen molar-refractivity contribution in [3.8, 4) is 0 Å². The Bertz CT molecular complexity index is 1330. The Morgan fingerprint density at radius 3 is 2.18 bits per heavy atom. The van der Waals surface area contributed by atoms with Crippen LogP contribution in [-0.2, 0) is 10.0 Å². The van der Waals surface area contributed by atoms with Crippen LogP contribution in [0.25, 0.3) is 10.9 Å². The van der Waals surface area contributed by atoms with E-state index in [9.17, 15) is 26.7 Å². The highest BCUT2D eigenvalue weighted by atomic mass is 32.2. The molecule has 2 fully saturated rings. The van der Waals surface area contributed by atoms with E-state index in [4.69, 9.17) is 0 Å². The molecule has 0 spiro atoms. The van der Waals surface area contributed by atoms with Gasteiger partial charge in [0, 0.05) is 42.4 Å². The lowest BCUT2D eigenvalue weighted by Gasteiger charge is -2.28. The Kier molecular flexibility index (Phi) is 5.33. The summed E-state index contributed by atoms with van der Waals surface area (Å²) in [7, 11) is -4.20. The average Bonchev–Trinajstić information content (AvgIpc) is 3.55. The van der Waals surface area contributed by atoms with Crippen molar-refractivity contribution in [3.63, 3.8) is 0 Å². The van der Waals surface area contributed by atoms with Crippen molar-refractivity contribution in [2.75, 3.05) is 18.4 Å². The molecule has 0 atom stereocenters. The lowest BCUT2D eigenvalue weighted by molar-refractivity contribution is 0.113. The largest absolute Gasteiger partial charge is 0.393 e. The molecule has 176 valence electrons. The minimum absolute atomic E-state index is 0.00446. The zero-order valence-corrected chi connectivity index (χ0v) is 18.0.